The van der Waals surface area contributed by atoms with Crippen LogP contribution in [0.3, 0.4) is 0 Å². The predicted octanol–water partition coefficient (Wildman–Crippen LogP) is 3.30. The van der Waals surface area contributed by atoms with E-state index in [4.69, 9.17) is 4.74 Å². The fraction of sp³-hybridized carbons (Fsp3) is 0.370. The van der Waals surface area contributed by atoms with Crippen molar-refractivity contribution in [1.29, 1.82) is 0 Å². The maximum atomic E-state index is 13.7. The van der Waals surface area contributed by atoms with Crippen LogP contribution in [0.4, 0.5) is 5.69 Å². The number of likely N-dealkylation sites (tertiary alicyclic amines) is 1. The number of benzene rings is 2. The van der Waals surface area contributed by atoms with Crippen LogP contribution < -0.4 is 10.1 Å². The summed E-state index contributed by atoms with van der Waals surface area (Å²) in [4.78, 5) is 42.2. The lowest BCUT2D eigenvalue weighted by Gasteiger charge is -2.37. The molecule has 1 N–H and O–H groups in total. The summed E-state index contributed by atoms with van der Waals surface area (Å²) in [6, 6.07) is 15.7. The molecule has 6 heteroatoms. The van der Waals surface area contributed by atoms with Gasteiger partial charge in [-0.15, -0.1) is 0 Å². The van der Waals surface area contributed by atoms with E-state index < -0.39 is 6.04 Å². The van der Waals surface area contributed by atoms with Crippen molar-refractivity contribution in [1.82, 2.24) is 4.90 Å². The van der Waals surface area contributed by atoms with Crippen LogP contribution in [0, 0.1) is 35.5 Å². The lowest BCUT2D eigenvalue weighted by Crippen LogP contribution is -2.49. The normalized spacial score (nSPS) is 31.7. The molecule has 2 aromatic carbocycles. The zero-order valence-electron chi connectivity index (χ0n) is 18.4. The Balaban J connectivity index is 1.32. The average molecular weight is 443 g/mol. The minimum atomic E-state index is -0.903. The van der Waals surface area contributed by atoms with Gasteiger partial charge in [0.05, 0.1) is 18.9 Å². The second-order valence-corrected chi connectivity index (χ2v) is 9.63. The molecule has 7 atom stereocenters. The molecule has 3 fully saturated rings. The zero-order valence-corrected chi connectivity index (χ0v) is 18.4. The fourth-order valence-corrected chi connectivity index (χ4v) is 6.35. The van der Waals surface area contributed by atoms with E-state index in [9.17, 15) is 14.4 Å². The Labute approximate surface area is 192 Å². The van der Waals surface area contributed by atoms with Crippen LogP contribution in [-0.2, 0) is 20.8 Å². The number of anilines is 1. The van der Waals surface area contributed by atoms with Gasteiger partial charge >= 0.3 is 0 Å². The van der Waals surface area contributed by atoms with Crippen molar-refractivity contribution in [2.24, 2.45) is 35.5 Å². The standard InChI is InChI=1S/C27H26N2O4/c1-33-17-9-5-8-16(13-17)28-25(30)22(12-15-6-3-2-4-7-15)29-26(31)23-18-10-11-19(21-14-20(18)21)24(23)27(29)32/h2-11,13,18-24H,12,14H2,1H3,(H,28,30)/t18-,19-,20-,21-,22-,23+,24+/m0/s1. The molecule has 33 heavy (non-hydrogen) atoms. The van der Waals surface area contributed by atoms with Crippen molar-refractivity contribution in [3.63, 3.8) is 0 Å². The summed E-state index contributed by atoms with van der Waals surface area (Å²) >= 11 is 0. The number of ether oxygens (including phenoxy) is 1. The van der Waals surface area contributed by atoms with Crippen LogP contribution >= 0.6 is 0 Å². The molecule has 3 amide bonds. The molecule has 2 bridgehead atoms. The molecule has 0 unspecified atom stereocenters. The quantitative estimate of drug-likeness (QED) is 0.550. The highest BCUT2D eigenvalue weighted by molar-refractivity contribution is 6.10. The summed E-state index contributed by atoms with van der Waals surface area (Å²) in [5.41, 5.74) is 1.47. The minimum absolute atomic E-state index is 0.130. The molecule has 0 radical (unpaired) electrons. The smallest absolute Gasteiger partial charge is 0.248 e. The Morgan fingerprint density at radius 2 is 1.67 bits per heavy atom. The van der Waals surface area contributed by atoms with Crippen molar-refractivity contribution >= 4 is 23.4 Å². The molecule has 1 heterocycles. The Morgan fingerprint density at radius 3 is 2.30 bits per heavy atom. The Morgan fingerprint density at radius 1 is 1.00 bits per heavy atom. The number of imide groups is 1. The van der Waals surface area contributed by atoms with Gasteiger partial charge < -0.3 is 10.1 Å². The largest absolute Gasteiger partial charge is 0.497 e. The SMILES string of the molecule is COc1cccc(NC(=O)[C@H](Cc2ccccc2)N2C(=O)[C@@H]3[C@H]4C=C[C@@H]([C@@H]5C[C@@H]45)[C@H]3C2=O)c1. The molecular weight excluding hydrogens is 416 g/mol. The van der Waals surface area contributed by atoms with E-state index in [1.54, 1.807) is 31.4 Å². The molecule has 0 spiro atoms. The van der Waals surface area contributed by atoms with E-state index in [-0.39, 0.29) is 47.8 Å². The topological polar surface area (TPSA) is 75.7 Å². The van der Waals surface area contributed by atoms with Crippen LogP contribution in [0.15, 0.2) is 66.7 Å². The van der Waals surface area contributed by atoms with Gasteiger partial charge in [-0.1, -0.05) is 48.6 Å². The number of carbonyl (C=O) groups is 3. The second-order valence-electron chi connectivity index (χ2n) is 9.63. The highest BCUT2D eigenvalue weighted by atomic mass is 16.5. The number of rotatable bonds is 6. The molecule has 2 saturated carbocycles. The number of allylic oxidation sites excluding steroid dienone is 2. The fourth-order valence-electron chi connectivity index (χ4n) is 6.35. The van der Waals surface area contributed by atoms with Crippen LogP contribution in [0.2, 0.25) is 0 Å². The Kier molecular flexibility index (Phi) is 4.64. The summed E-state index contributed by atoms with van der Waals surface area (Å²) in [6.07, 6.45) is 5.69. The van der Waals surface area contributed by atoms with Crippen LogP contribution in [0.25, 0.3) is 0 Å². The first kappa shape index (κ1) is 20.2. The second kappa shape index (κ2) is 7.58. The number of hydrogen-bond donors (Lipinski definition) is 1. The van der Waals surface area contributed by atoms with Crippen molar-refractivity contribution in [2.75, 3.05) is 12.4 Å². The van der Waals surface area contributed by atoms with Crippen molar-refractivity contribution in [2.45, 2.75) is 18.9 Å². The molecule has 0 aromatic heterocycles. The number of nitrogens with one attached hydrogen (secondary N) is 1. The van der Waals surface area contributed by atoms with E-state index >= 15 is 0 Å². The van der Waals surface area contributed by atoms with Gasteiger partial charge in [0.25, 0.3) is 0 Å². The van der Waals surface area contributed by atoms with E-state index in [0.717, 1.165) is 12.0 Å². The summed E-state index contributed by atoms with van der Waals surface area (Å²) in [5, 5.41) is 2.91. The van der Waals surface area contributed by atoms with Gasteiger partial charge in [0.1, 0.15) is 11.8 Å². The summed E-state index contributed by atoms with van der Waals surface area (Å²) < 4.78 is 5.26. The number of carbonyl (C=O) groups excluding carboxylic acids is 3. The molecule has 1 saturated heterocycles. The Hall–Kier alpha value is -3.41. The summed E-state index contributed by atoms with van der Waals surface area (Å²) in [6.45, 7) is 0. The molecule has 5 aliphatic rings. The third-order valence-corrected chi connectivity index (χ3v) is 7.92. The number of nitrogens with zero attached hydrogens (tertiary/aromatic N) is 1. The first-order valence-corrected chi connectivity index (χ1v) is 11.6. The van der Waals surface area contributed by atoms with Crippen molar-refractivity contribution < 1.29 is 19.1 Å². The summed E-state index contributed by atoms with van der Waals surface area (Å²) in [7, 11) is 1.56. The number of hydrogen-bond acceptors (Lipinski definition) is 4. The first-order valence-electron chi connectivity index (χ1n) is 11.6. The van der Waals surface area contributed by atoms with Gasteiger partial charge in [0, 0.05) is 18.2 Å². The lowest BCUT2D eigenvalue weighted by atomic mass is 9.63. The highest BCUT2D eigenvalue weighted by Gasteiger charge is 2.67. The van der Waals surface area contributed by atoms with Gasteiger partial charge in [-0.25, -0.2) is 0 Å². The molecule has 1 aliphatic heterocycles. The van der Waals surface area contributed by atoms with E-state index in [1.165, 1.54) is 4.90 Å². The van der Waals surface area contributed by atoms with Crippen LogP contribution in [0.1, 0.15) is 12.0 Å². The predicted molar refractivity (Wildman–Crippen MR) is 122 cm³/mol. The molecule has 2 aromatic rings. The van der Waals surface area contributed by atoms with Crippen molar-refractivity contribution in [3.8, 4) is 5.75 Å². The van der Waals surface area contributed by atoms with Crippen molar-refractivity contribution in [3.05, 3.63) is 72.3 Å². The van der Waals surface area contributed by atoms with Gasteiger partial charge in [-0.3, -0.25) is 19.3 Å². The van der Waals surface area contributed by atoms with Gasteiger partial charge in [-0.2, -0.15) is 0 Å². The maximum absolute atomic E-state index is 13.7. The third-order valence-electron chi connectivity index (χ3n) is 7.92. The zero-order chi connectivity index (χ0) is 22.7. The molecule has 6 nitrogen and oxygen atoms in total. The van der Waals surface area contributed by atoms with Gasteiger partial charge in [-0.05, 0) is 47.8 Å². The van der Waals surface area contributed by atoms with E-state index in [1.807, 2.05) is 30.3 Å². The van der Waals surface area contributed by atoms with Gasteiger partial charge in [0.2, 0.25) is 17.7 Å². The Bertz CT molecular complexity index is 1120. The average Bonchev–Trinajstić information content (AvgIpc) is 3.62. The monoisotopic (exact) mass is 442 g/mol. The molecular formula is C27H26N2O4. The van der Waals surface area contributed by atoms with E-state index in [2.05, 4.69) is 17.5 Å². The molecule has 4 aliphatic carbocycles. The lowest BCUT2D eigenvalue weighted by molar-refractivity contribution is -0.146. The number of amides is 3. The van der Waals surface area contributed by atoms with Crippen LogP contribution in [0.5, 0.6) is 5.75 Å². The highest BCUT2D eigenvalue weighted by Crippen LogP contribution is 2.65. The van der Waals surface area contributed by atoms with Crippen LogP contribution in [-0.4, -0.2) is 35.8 Å². The first-order chi connectivity index (χ1) is 16.1. The van der Waals surface area contributed by atoms with E-state index in [0.29, 0.717) is 23.3 Å². The maximum Gasteiger partial charge on any atom is 0.248 e. The summed E-state index contributed by atoms with van der Waals surface area (Å²) in [5.74, 6) is 0.556. The molecule has 7 rings (SSSR count). The minimum Gasteiger partial charge on any atom is -0.497 e. The third kappa shape index (κ3) is 3.19. The molecule has 168 valence electrons. The van der Waals surface area contributed by atoms with Gasteiger partial charge in [0.15, 0.2) is 0 Å². The number of methoxy groups -OCH3 is 1.